The van der Waals surface area contributed by atoms with Crippen molar-refractivity contribution in [3.8, 4) is 5.69 Å². The first-order chi connectivity index (χ1) is 14.3. The van der Waals surface area contributed by atoms with Crippen molar-refractivity contribution in [2.45, 2.75) is 18.4 Å². The van der Waals surface area contributed by atoms with E-state index in [9.17, 15) is 9.59 Å². The summed E-state index contributed by atoms with van der Waals surface area (Å²) in [5, 5.41) is 10.2. The second-order valence-electron chi connectivity index (χ2n) is 6.84. The average molecular weight is 662 g/mol. The molecule has 154 valence electrons. The predicted molar refractivity (Wildman–Crippen MR) is 129 cm³/mol. The zero-order chi connectivity index (χ0) is 21.5. The van der Waals surface area contributed by atoms with Crippen LogP contribution in [0.25, 0.3) is 5.69 Å². The lowest BCUT2D eigenvalue weighted by Crippen LogP contribution is -2.46. The summed E-state index contributed by atoms with van der Waals surface area (Å²) in [7, 11) is 0. The fourth-order valence-electron chi connectivity index (χ4n) is 3.01. The van der Waals surface area contributed by atoms with Gasteiger partial charge in [-0.1, -0.05) is 34.1 Å². The Kier molecular flexibility index (Phi) is 6.20. The first-order valence-electron chi connectivity index (χ1n) is 8.88. The van der Waals surface area contributed by atoms with Gasteiger partial charge in [0.25, 0.3) is 5.91 Å². The van der Waals surface area contributed by atoms with E-state index >= 15 is 0 Å². The van der Waals surface area contributed by atoms with Crippen LogP contribution >= 0.6 is 63.7 Å². The van der Waals surface area contributed by atoms with E-state index in [1.165, 1.54) is 4.68 Å². The zero-order valence-electron chi connectivity index (χ0n) is 15.3. The predicted octanol–water partition coefficient (Wildman–Crippen LogP) is 5.82. The minimum absolute atomic E-state index is 0.224. The van der Waals surface area contributed by atoms with Gasteiger partial charge in [-0.3, -0.25) is 9.59 Å². The molecule has 10 heteroatoms. The third kappa shape index (κ3) is 4.42. The lowest BCUT2D eigenvalue weighted by Gasteiger charge is -2.18. The molecule has 2 N–H and O–H groups in total. The fourth-order valence-corrected chi connectivity index (χ4v) is 5.98. The number of halogens is 4. The first kappa shape index (κ1) is 21.7. The van der Waals surface area contributed by atoms with Crippen molar-refractivity contribution >= 4 is 81.2 Å². The highest BCUT2D eigenvalue weighted by Gasteiger charge is 2.51. The van der Waals surface area contributed by atoms with Gasteiger partial charge in [-0.2, -0.15) is 5.10 Å². The molecule has 1 saturated carbocycles. The summed E-state index contributed by atoms with van der Waals surface area (Å²) in [6.07, 6.45) is 1.16. The summed E-state index contributed by atoms with van der Waals surface area (Å²) in [5.74, 6) is -0.603. The first-order valence-corrected chi connectivity index (χ1v) is 12.1. The number of carbonyl (C=O) groups is 2. The number of nitrogens with zero attached hydrogens (tertiary/aromatic N) is 2. The minimum Gasteiger partial charge on any atom is -0.336 e. The van der Waals surface area contributed by atoms with Crippen LogP contribution in [0, 0.1) is 0 Å². The highest BCUT2D eigenvalue weighted by molar-refractivity contribution is 9.11. The lowest BCUT2D eigenvalue weighted by molar-refractivity contribution is -0.118. The van der Waals surface area contributed by atoms with Gasteiger partial charge < -0.3 is 10.6 Å². The van der Waals surface area contributed by atoms with Crippen LogP contribution in [-0.4, -0.2) is 27.1 Å². The van der Waals surface area contributed by atoms with Crippen molar-refractivity contribution in [1.82, 2.24) is 15.1 Å². The Morgan fingerprint density at radius 3 is 2.20 bits per heavy atom. The molecule has 0 atom stereocenters. The van der Waals surface area contributed by atoms with Crippen LogP contribution in [-0.2, 0) is 4.79 Å². The van der Waals surface area contributed by atoms with Crippen LogP contribution in [0.2, 0.25) is 0 Å². The van der Waals surface area contributed by atoms with E-state index in [-0.39, 0.29) is 11.8 Å². The normalized spacial score (nSPS) is 14.3. The number of hydrogen-bond acceptors (Lipinski definition) is 3. The van der Waals surface area contributed by atoms with E-state index in [4.69, 9.17) is 0 Å². The molecule has 3 aromatic rings. The number of amides is 2. The molecule has 0 saturated heterocycles. The van der Waals surface area contributed by atoms with Crippen LogP contribution in [0.15, 0.2) is 66.6 Å². The molecule has 0 radical (unpaired) electrons. The van der Waals surface area contributed by atoms with Crippen LogP contribution < -0.4 is 10.6 Å². The van der Waals surface area contributed by atoms with Crippen molar-refractivity contribution in [1.29, 1.82) is 0 Å². The Hall–Kier alpha value is -1.49. The molecule has 2 aromatic carbocycles. The van der Waals surface area contributed by atoms with Crippen LogP contribution in [0.5, 0.6) is 0 Å². The zero-order valence-corrected chi connectivity index (χ0v) is 21.6. The summed E-state index contributed by atoms with van der Waals surface area (Å²) >= 11 is 13.8. The molecule has 1 aliphatic rings. The largest absolute Gasteiger partial charge is 0.336 e. The number of carbonyl (C=O) groups excluding carboxylic acids is 2. The monoisotopic (exact) mass is 658 g/mol. The number of benzene rings is 2. The van der Waals surface area contributed by atoms with Gasteiger partial charge in [0.05, 0.1) is 5.69 Å². The lowest BCUT2D eigenvalue weighted by atomic mass is 10.2. The van der Waals surface area contributed by atoms with Gasteiger partial charge in [-0.15, -0.1) is 0 Å². The quantitative estimate of drug-likeness (QED) is 0.362. The van der Waals surface area contributed by atoms with Gasteiger partial charge in [0.15, 0.2) is 0 Å². The Labute approximate surface area is 206 Å². The Balaban J connectivity index is 1.60. The van der Waals surface area contributed by atoms with Gasteiger partial charge in [0, 0.05) is 25.2 Å². The summed E-state index contributed by atoms with van der Waals surface area (Å²) in [4.78, 5) is 25.9. The molecule has 1 fully saturated rings. The van der Waals surface area contributed by atoms with Gasteiger partial charge in [-0.05, 0) is 84.9 Å². The second kappa shape index (κ2) is 8.57. The topological polar surface area (TPSA) is 76.0 Å². The van der Waals surface area contributed by atoms with E-state index in [1.807, 2.05) is 42.5 Å². The fraction of sp³-hybridized carbons (Fsp3) is 0.150. The molecule has 0 aliphatic heterocycles. The maximum Gasteiger partial charge on any atom is 0.270 e. The number of nitrogens with one attached hydrogen (secondary N) is 2. The maximum atomic E-state index is 13.1. The summed E-state index contributed by atoms with van der Waals surface area (Å²) in [6.45, 7) is 0. The molecule has 6 nitrogen and oxygen atoms in total. The number of para-hydroxylation sites is 1. The average Bonchev–Trinajstić information content (AvgIpc) is 3.36. The molecular formula is C20H14Br4N4O2. The number of rotatable bonds is 5. The second-order valence-corrected chi connectivity index (χ2v) is 10.3. The van der Waals surface area contributed by atoms with E-state index in [2.05, 4.69) is 79.5 Å². The molecule has 30 heavy (non-hydrogen) atoms. The van der Waals surface area contributed by atoms with Crippen molar-refractivity contribution in [3.05, 3.63) is 72.2 Å². The Morgan fingerprint density at radius 1 is 0.967 bits per heavy atom. The van der Waals surface area contributed by atoms with E-state index in [0.717, 1.165) is 13.4 Å². The van der Waals surface area contributed by atoms with Gasteiger partial charge in [-0.25, -0.2) is 4.68 Å². The highest BCUT2D eigenvalue weighted by Crippen LogP contribution is 2.38. The number of anilines is 1. The molecule has 1 aliphatic carbocycles. The van der Waals surface area contributed by atoms with Gasteiger partial charge in [0.1, 0.15) is 15.8 Å². The van der Waals surface area contributed by atoms with Crippen LogP contribution in [0.4, 0.5) is 5.69 Å². The minimum atomic E-state index is -0.914. The highest BCUT2D eigenvalue weighted by atomic mass is 79.9. The van der Waals surface area contributed by atoms with E-state index < -0.39 is 5.54 Å². The summed E-state index contributed by atoms with van der Waals surface area (Å²) in [5.41, 5.74) is 0.762. The third-order valence-electron chi connectivity index (χ3n) is 4.67. The smallest absolute Gasteiger partial charge is 0.270 e. The molecule has 0 unspecified atom stereocenters. The number of aromatic nitrogens is 2. The van der Waals surface area contributed by atoms with Crippen molar-refractivity contribution in [3.63, 3.8) is 0 Å². The van der Waals surface area contributed by atoms with Gasteiger partial charge in [0.2, 0.25) is 5.91 Å². The van der Waals surface area contributed by atoms with Gasteiger partial charge >= 0.3 is 0 Å². The SMILES string of the molecule is O=C(NC1(C(=O)Nc2ccccc2)CC1)c1cc(Br)nn1-c1c(Br)cc(Br)cc1Br. The molecule has 0 bridgehead atoms. The van der Waals surface area contributed by atoms with E-state index in [0.29, 0.717) is 34.5 Å². The molecule has 4 rings (SSSR count). The standard InChI is InChI=1S/C20H14Br4N4O2/c21-11-8-13(22)17(14(23)9-11)28-15(10-16(24)27-28)18(29)26-20(6-7-20)19(30)25-12-4-2-1-3-5-12/h1-5,8-10H,6-7H2,(H,25,30)(H,26,29). The Bertz CT molecular complexity index is 1120. The molecular weight excluding hydrogens is 648 g/mol. The van der Waals surface area contributed by atoms with Crippen LogP contribution in [0.3, 0.4) is 0 Å². The molecule has 2 amide bonds. The summed E-state index contributed by atoms with van der Waals surface area (Å²) < 4.78 is 4.41. The maximum absolute atomic E-state index is 13.1. The van der Waals surface area contributed by atoms with Crippen molar-refractivity contribution < 1.29 is 9.59 Å². The molecule has 0 spiro atoms. The molecule has 1 aromatic heterocycles. The number of hydrogen-bond donors (Lipinski definition) is 2. The third-order valence-corrected chi connectivity index (χ3v) is 6.73. The van der Waals surface area contributed by atoms with Crippen molar-refractivity contribution in [2.24, 2.45) is 0 Å². The summed E-state index contributed by atoms with van der Waals surface area (Å²) in [6, 6.07) is 14.5. The van der Waals surface area contributed by atoms with Crippen LogP contribution in [0.1, 0.15) is 23.3 Å². The molecule has 1 heterocycles. The Morgan fingerprint density at radius 2 is 1.60 bits per heavy atom. The van der Waals surface area contributed by atoms with E-state index in [1.54, 1.807) is 6.07 Å². The van der Waals surface area contributed by atoms with Crippen molar-refractivity contribution in [2.75, 3.05) is 5.32 Å².